The number of carbonyl (C=O) groups is 2. The molecule has 15 heteroatoms. The third-order valence-electron chi connectivity index (χ3n) is 3.86. The van der Waals surface area contributed by atoms with E-state index >= 15 is 0 Å². The van der Waals surface area contributed by atoms with Gasteiger partial charge in [0.15, 0.2) is 0 Å². The Morgan fingerprint density at radius 3 is 1.94 bits per heavy atom. The fourth-order valence-electron chi connectivity index (χ4n) is 1.98. The van der Waals surface area contributed by atoms with Gasteiger partial charge in [-0.2, -0.15) is 39.5 Å². The van der Waals surface area contributed by atoms with E-state index in [-0.39, 0.29) is 11.0 Å². The van der Waals surface area contributed by atoms with Crippen LogP contribution in [0.3, 0.4) is 0 Å². The first kappa shape index (κ1) is 29.2. The first-order valence-corrected chi connectivity index (χ1v) is 8.54. The summed E-state index contributed by atoms with van der Waals surface area (Å²) in [4.78, 5) is 23.3. The highest BCUT2D eigenvalue weighted by Crippen LogP contribution is 2.53. The summed E-state index contributed by atoms with van der Waals surface area (Å²) < 4.78 is 124. The first-order chi connectivity index (χ1) is 13.7. The zero-order valence-electron chi connectivity index (χ0n) is 16.8. The van der Waals surface area contributed by atoms with E-state index in [0.29, 0.717) is 6.54 Å². The molecule has 0 aromatic carbocycles. The van der Waals surface area contributed by atoms with E-state index in [1.54, 1.807) is 14.1 Å². The van der Waals surface area contributed by atoms with Crippen LogP contribution in [0.4, 0.5) is 39.5 Å². The summed E-state index contributed by atoms with van der Waals surface area (Å²) in [6, 6.07) is -1.48. The van der Waals surface area contributed by atoms with Crippen LogP contribution in [0.15, 0.2) is 0 Å². The molecule has 1 unspecified atom stereocenters. The number of hydrogen-bond donors (Lipinski definition) is 1. The molecular weight excluding hydrogens is 455 g/mol. The van der Waals surface area contributed by atoms with Gasteiger partial charge >= 0.3 is 35.9 Å². The van der Waals surface area contributed by atoms with Gasteiger partial charge in [-0.3, -0.25) is 14.9 Å². The number of quaternary nitrogens is 1. The maximum atomic E-state index is 13.5. The van der Waals surface area contributed by atoms with Crippen LogP contribution in [0.2, 0.25) is 0 Å². The number of esters is 2. The highest BCUT2D eigenvalue weighted by atomic mass is 19.4. The minimum atomic E-state index is -7.03. The lowest BCUT2D eigenvalue weighted by molar-refractivity contribution is -0.844. The monoisotopic (exact) mass is 478 g/mol. The van der Waals surface area contributed by atoms with Crippen LogP contribution < -0.4 is 5.32 Å². The van der Waals surface area contributed by atoms with Crippen LogP contribution in [0.5, 0.6) is 0 Å². The molecule has 0 aliphatic heterocycles. The minimum Gasteiger partial charge on any atom is -0.469 e. The smallest absolute Gasteiger partial charge is 0.460 e. The van der Waals surface area contributed by atoms with E-state index in [4.69, 9.17) is 0 Å². The number of alkyl halides is 9. The Morgan fingerprint density at radius 1 is 1.00 bits per heavy atom. The lowest BCUT2D eigenvalue weighted by Crippen LogP contribution is -2.61. The van der Waals surface area contributed by atoms with Crippen LogP contribution in [0.25, 0.3) is 0 Å². The van der Waals surface area contributed by atoms with Crippen molar-refractivity contribution in [3.8, 4) is 0 Å². The number of methoxy groups -OCH3 is 1. The summed E-state index contributed by atoms with van der Waals surface area (Å²) in [6.07, 6.45) is -9.92. The Labute approximate surface area is 172 Å². The van der Waals surface area contributed by atoms with Gasteiger partial charge in [0.1, 0.15) is 6.04 Å². The van der Waals surface area contributed by atoms with Gasteiger partial charge in [0, 0.05) is 20.6 Å². The molecule has 0 radical (unpaired) electrons. The summed E-state index contributed by atoms with van der Waals surface area (Å²) >= 11 is 0. The summed E-state index contributed by atoms with van der Waals surface area (Å²) in [6.45, 7) is -1.26. The fraction of sp³-hybridized carbons (Fsp3) is 0.812. The molecule has 6 nitrogen and oxygen atoms in total. The van der Waals surface area contributed by atoms with E-state index in [9.17, 15) is 49.1 Å². The van der Waals surface area contributed by atoms with Crippen molar-refractivity contribution in [3.05, 3.63) is 7.05 Å². The number of likely N-dealkylation sites (N-methyl/N-ethyl adjacent to an activating group) is 1. The lowest BCUT2D eigenvalue weighted by Gasteiger charge is -2.33. The second kappa shape index (κ2) is 10.2. The Bertz CT molecular complexity index is 619. The van der Waals surface area contributed by atoms with E-state index < -0.39 is 61.4 Å². The van der Waals surface area contributed by atoms with Gasteiger partial charge in [-0.15, -0.1) is 7.05 Å². The first-order valence-electron chi connectivity index (χ1n) is 8.54. The Morgan fingerprint density at radius 2 is 1.52 bits per heavy atom. The van der Waals surface area contributed by atoms with Crippen molar-refractivity contribution in [3.63, 3.8) is 0 Å². The fourth-order valence-corrected chi connectivity index (χ4v) is 1.98. The van der Waals surface area contributed by atoms with Gasteiger partial charge in [0.2, 0.25) is 0 Å². The molecule has 1 N–H and O–H groups in total. The molecule has 1 atom stereocenters. The maximum absolute atomic E-state index is 13.5. The van der Waals surface area contributed by atoms with Crippen LogP contribution >= 0.6 is 0 Å². The van der Waals surface area contributed by atoms with E-state index in [2.05, 4.69) is 21.8 Å². The van der Waals surface area contributed by atoms with Gasteiger partial charge in [0.05, 0.1) is 33.1 Å². The van der Waals surface area contributed by atoms with Gasteiger partial charge in [-0.25, -0.2) is 0 Å². The molecule has 184 valence electrons. The number of halogens is 9. The molecule has 0 aliphatic rings. The van der Waals surface area contributed by atoms with Gasteiger partial charge in [0.25, 0.3) is 0 Å². The Balaban J connectivity index is 5.12. The molecular formula is C16H23F9N2O4. The van der Waals surface area contributed by atoms with Crippen LogP contribution in [-0.4, -0.2) is 87.3 Å². The molecule has 0 aliphatic carbocycles. The Kier molecular flexibility index (Phi) is 9.65. The standard InChI is InChI=1S/C16H23F9N2O4/c1-27(2,3)7-6-26-10(9-11(28)30-4)12(29)31-8-5-13(17,18)14(19,20)15(21,22)16(23,24)25/h10,26H,1,5-9H2,2-4H3. The van der Waals surface area contributed by atoms with Crippen LogP contribution in [0, 0.1) is 7.05 Å². The summed E-state index contributed by atoms with van der Waals surface area (Å²) in [5, 5.41) is 2.53. The third-order valence-corrected chi connectivity index (χ3v) is 3.86. The zero-order valence-corrected chi connectivity index (χ0v) is 16.8. The quantitative estimate of drug-likeness (QED) is 0.202. The number of ether oxygens (including phenoxy) is 2. The molecule has 31 heavy (non-hydrogen) atoms. The van der Waals surface area contributed by atoms with Crippen molar-refractivity contribution in [2.24, 2.45) is 0 Å². The molecule has 0 saturated carbocycles. The van der Waals surface area contributed by atoms with Crippen molar-refractivity contribution >= 4 is 11.9 Å². The maximum Gasteiger partial charge on any atom is 0.460 e. The Hall–Kier alpha value is -1.77. The molecule has 0 saturated heterocycles. The van der Waals surface area contributed by atoms with Crippen molar-refractivity contribution in [1.29, 1.82) is 0 Å². The number of hydrogen-bond acceptors (Lipinski definition) is 5. The minimum absolute atomic E-state index is 0.0549. The average Bonchev–Trinajstić information content (AvgIpc) is 2.57. The van der Waals surface area contributed by atoms with Crippen LogP contribution in [0.1, 0.15) is 12.8 Å². The lowest BCUT2D eigenvalue weighted by atomic mass is 10.0. The van der Waals surface area contributed by atoms with Gasteiger partial charge in [-0.1, -0.05) is 0 Å². The number of rotatable bonds is 12. The molecule has 0 rings (SSSR count). The molecule has 0 amide bonds. The summed E-state index contributed by atoms with van der Waals surface area (Å²) in [7, 11) is 8.05. The predicted octanol–water partition coefficient (Wildman–Crippen LogP) is 2.78. The number of nitrogens with zero attached hydrogens (tertiary/aromatic N) is 1. The highest BCUT2D eigenvalue weighted by Gasteiger charge is 2.81. The van der Waals surface area contributed by atoms with Crippen molar-refractivity contribution in [1.82, 2.24) is 5.32 Å². The second-order valence-corrected chi connectivity index (χ2v) is 7.21. The van der Waals surface area contributed by atoms with Gasteiger partial charge in [-0.05, 0) is 0 Å². The third kappa shape index (κ3) is 8.01. The molecule has 0 aromatic rings. The second-order valence-electron chi connectivity index (χ2n) is 7.21. The predicted molar refractivity (Wildman–Crippen MR) is 87.2 cm³/mol. The topological polar surface area (TPSA) is 64.6 Å². The highest BCUT2D eigenvalue weighted by molar-refractivity contribution is 5.82. The largest absolute Gasteiger partial charge is 0.469 e. The number of carbonyl (C=O) groups excluding carboxylic acids is 2. The number of nitrogens with one attached hydrogen (secondary N) is 1. The van der Waals surface area contributed by atoms with E-state index in [1.807, 2.05) is 0 Å². The summed E-state index contributed by atoms with van der Waals surface area (Å²) in [5.74, 6) is -22.0. The van der Waals surface area contributed by atoms with Crippen LogP contribution in [-0.2, 0) is 19.1 Å². The molecule has 0 fully saturated rings. The normalized spacial score (nSPS) is 14.9. The SMILES string of the molecule is [CH2-][N+](C)(C)CCNC(CC(=O)OC)C(=O)OCCC(F)(F)C(F)(F)C(F)(F)C(F)(F)F. The van der Waals surface area contributed by atoms with Crippen molar-refractivity contribution in [2.45, 2.75) is 42.8 Å². The van der Waals surface area contributed by atoms with Crippen molar-refractivity contribution in [2.75, 3.05) is 40.9 Å². The molecule has 0 bridgehead atoms. The average molecular weight is 478 g/mol. The molecule has 0 aromatic heterocycles. The zero-order chi connectivity index (χ0) is 24.9. The van der Waals surface area contributed by atoms with E-state index in [0.717, 1.165) is 7.11 Å². The molecule has 0 heterocycles. The van der Waals surface area contributed by atoms with Crippen molar-refractivity contribution < 1.29 is 63.1 Å². The van der Waals surface area contributed by atoms with E-state index in [1.165, 1.54) is 0 Å². The van der Waals surface area contributed by atoms with Gasteiger partial charge < -0.3 is 14.0 Å². The summed E-state index contributed by atoms with van der Waals surface area (Å²) in [5.41, 5.74) is 0. The molecule has 0 spiro atoms.